The van der Waals surface area contributed by atoms with Crippen LogP contribution in [0.1, 0.15) is 72.1 Å². The van der Waals surface area contributed by atoms with Gasteiger partial charge in [-0.3, -0.25) is 14.5 Å². The Hall–Kier alpha value is -2.35. The summed E-state index contributed by atoms with van der Waals surface area (Å²) in [4.78, 5) is 28.6. The molecule has 6 nitrogen and oxygen atoms in total. The minimum atomic E-state index is -0.708. The lowest BCUT2D eigenvalue weighted by atomic mass is 9.86. The average molecular weight is 543 g/mol. The maximum Gasteiger partial charge on any atom is 0.322 e. The number of methoxy groups -OCH3 is 1. The molecule has 2 rings (SSSR count). The van der Waals surface area contributed by atoms with Gasteiger partial charge in [0.05, 0.1) is 13.2 Å². The molecule has 0 aliphatic heterocycles. The van der Waals surface area contributed by atoms with Gasteiger partial charge in [0.1, 0.15) is 10.3 Å². The molecule has 0 radical (unpaired) electrons. The molecular formula is C31H46N2O4S. The van der Waals surface area contributed by atoms with E-state index in [0.717, 1.165) is 21.7 Å². The number of nitrogens with one attached hydrogen (secondary N) is 1. The lowest BCUT2D eigenvalue weighted by molar-refractivity contribution is -0.156. The van der Waals surface area contributed by atoms with Gasteiger partial charge in [0, 0.05) is 30.8 Å². The second-order valence-corrected chi connectivity index (χ2v) is 14.0. The van der Waals surface area contributed by atoms with Crippen LogP contribution >= 0.6 is 11.8 Å². The first-order valence-electron chi connectivity index (χ1n) is 13.1. The first-order valence-corrected chi connectivity index (χ1v) is 14.0. The van der Waals surface area contributed by atoms with Gasteiger partial charge in [0.2, 0.25) is 5.91 Å². The van der Waals surface area contributed by atoms with Crippen molar-refractivity contribution in [2.24, 2.45) is 0 Å². The summed E-state index contributed by atoms with van der Waals surface area (Å²) in [6.45, 7) is 20.0. The number of hydrogen-bond acceptors (Lipinski definition) is 6. The van der Waals surface area contributed by atoms with Gasteiger partial charge >= 0.3 is 5.97 Å². The predicted octanol–water partition coefficient (Wildman–Crippen LogP) is 6.59. The number of aryl methyl sites for hydroxylation is 1. The molecule has 0 bridgehead atoms. The molecule has 1 amide bonds. The van der Waals surface area contributed by atoms with Gasteiger partial charge in [0.25, 0.3) is 0 Å². The average Bonchev–Trinajstić information content (AvgIpc) is 2.78. The number of carbonyl (C=O) groups excluding carboxylic acids is 2. The first-order chi connectivity index (χ1) is 17.5. The van der Waals surface area contributed by atoms with Crippen LogP contribution in [-0.4, -0.2) is 53.9 Å². The van der Waals surface area contributed by atoms with Crippen molar-refractivity contribution in [3.63, 3.8) is 0 Å². The van der Waals surface area contributed by atoms with Gasteiger partial charge in [0.15, 0.2) is 0 Å². The normalized spacial score (nSPS) is 12.5. The van der Waals surface area contributed by atoms with E-state index >= 15 is 0 Å². The van der Waals surface area contributed by atoms with E-state index in [1.165, 1.54) is 17.3 Å². The van der Waals surface area contributed by atoms with E-state index < -0.39 is 10.3 Å². The molecule has 0 atom stereocenters. The van der Waals surface area contributed by atoms with Gasteiger partial charge in [-0.05, 0) is 81.8 Å². The summed E-state index contributed by atoms with van der Waals surface area (Å²) in [7, 11) is 1.66. The number of ether oxygens (including phenoxy) is 2. The Morgan fingerprint density at radius 2 is 1.58 bits per heavy atom. The predicted molar refractivity (Wildman–Crippen MR) is 158 cm³/mol. The van der Waals surface area contributed by atoms with Crippen molar-refractivity contribution in [2.45, 2.75) is 89.5 Å². The van der Waals surface area contributed by atoms with Crippen LogP contribution in [-0.2, 0) is 31.0 Å². The van der Waals surface area contributed by atoms with Crippen LogP contribution in [0.2, 0.25) is 0 Å². The molecule has 0 fully saturated rings. The molecule has 2 aromatic carbocycles. The van der Waals surface area contributed by atoms with E-state index in [2.05, 4.69) is 43.1 Å². The van der Waals surface area contributed by atoms with Gasteiger partial charge in [-0.15, -0.1) is 11.8 Å². The SMILES string of the molecule is COCCN(CC(=O)Nc1ccc(C(C)(C)C)cc1C)Cc1ccc(SC(C)(C)C(=O)OC(C)(C)C)cc1. The van der Waals surface area contributed by atoms with Gasteiger partial charge in [-0.2, -0.15) is 0 Å². The maximum absolute atomic E-state index is 12.9. The molecule has 1 N–H and O–H groups in total. The maximum atomic E-state index is 12.9. The van der Waals surface area contributed by atoms with E-state index in [4.69, 9.17) is 9.47 Å². The van der Waals surface area contributed by atoms with E-state index in [1.807, 2.05) is 71.9 Å². The summed E-state index contributed by atoms with van der Waals surface area (Å²) in [6.07, 6.45) is 0. The lowest BCUT2D eigenvalue weighted by Gasteiger charge is -2.28. The summed E-state index contributed by atoms with van der Waals surface area (Å²) >= 11 is 1.48. The fourth-order valence-corrected chi connectivity index (χ4v) is 4.74. The summed E-state index contributed by atoms with van der Waals surface area (Å²) in [5.41, 5.74) is 3.75. The van der Waals surface area contributed by atoms with Crippen molar-refractivity contribution in [3.8, 4) is 0 Å². The molecule has 210 valence electrons. The number of esters is 1. The Balaban J connectivity index is 2.04. The molecule has 0 aliphatic carbocycles. The van der Waals surface area contributed by atoms with Crippen LogP contribution in [0, 0.1) is 6.92 Å². The number of amides is 1. The van der Waals surface area contributed by atoms with Crippen molar-refractivity contribution in [1.82, 2.24) is 4.90 Å². The van der Waals surface area contributed by atoms with Crippen molar-refractivity contribution < 1.29 is 19.1 Å². The lowest BCUT2D eigenvalue weighted by Crippen LogP contribution is -2.36. The number of rotatable bonds is 11. The number of carbonyl (C=O) groups is 2. The molecule has 7 heteroatoms. The van der Waals surface area contributed by atoms with Crippen LogP contribution < -0.4 is 5.32 Å². The van der Waals surface area contributed by atoms with Crippen LogP contribution in [0.5, 0.6) is 0 Å². The molecule has 0 spiro atoms. The van der Waals surface area contributed by atoms with Crippen LogP contribution in [0.3, 0.4) is 0 Å². The molecule has 38 heavy (non-hydrogen) atoms. The molecular weight excluding hydrogens is 496 g/mol. The Morgan fingerprint density at radius 1 is 0.947 bits per heavy atom. The zero-order valence-electron chi connectivity index (χ0n) is 24.9. The second-order valence-electron chi connectivity index (χ2n) is 12.3. The Morgan fingerprint density at radius 3 is 2.11 bits per heavy atom. The number of hydrogen-bond donors (Lipinski definition) is 1. The van der Waals surface area contributed by atoms with Gasteiger partial charge in [-0.1, -0.05) is 45.0 Å². The largest absolute Gasteiger partial charge is 0.459 e. The summed E-state index contributed by atoms with van der Waals surface area (Å²) in [5.74, 6) is -0.293. The molecule has 0 saturated carbocycles. The van der Waals surface area contributed by atoms with E-state index in [9.17, 15) is 9.59 Å². The Kier molecular flexibility index (Phi) is 11.0. The van der Waals surface area contributed by atoms with E-state index in [0.29, 0.717) is 19.7 Å². The molecule has 0 heterocycles. The summed E-state index contributed by atoms with van der Waals surface area (Å²) in [6, 6.07) is 14.3. The highest BCUT2D eigenvalue weighted by Crippen LogP contribution is 2.35. The number of thioether (sulfide) groups is 1. The molecule has 0 saturated heterocycles. The molecule has 0 aliphatic rings. The highest BCUT2D eigenvalue weighted by Gasteiger charge is 2.33. The molecule has 2 aromatic rings. The first kappa shape index (κ1) is 31.9. The summed E-state index contributed by atoms with van der Waals surface area (Å²) < 4.78 is 10.2. The topological polar surface area (TPSA) is 67.9 Å². The van der Waals surface area contributed by atoms with Crippen molar-refractivity contribution in [1.29, 1.82) is 0 Å². The van der Waals surface area contributed by atoms with Gasteiger partial charge in [-0.25, -0.2) is 0 Å². The summed E-state index contributed by atoms with van der Waals surface area (Å²) in [5, 5.41) is 3.07. The smallest absolute Gasteiger partial charge is 0.322 e. The van der Waals surface area contributed by atoms with Crippen molar-refractivity contribution in [3.05, 3.63) is 59.2 Å². The fraction of sp³-hybridized carbons (Fsp3) is 0.548. The minimum absolute atomic E-state index is 0.0565. The van der Waals surface area contributed by atoms with Crippen LogP contribution in [0.25, 0.3) is 0 Å². The standard InChI is InChI=1S/C31H46N2O4S/c1-22-19-24(29(2,3)4)13-16-26(22)32-27(34)21-33(17-18-36-10)20-23-11-14-25(15-12-23)38-31(8,9)28(35)37-30(5,6)7/h11-16,19H,17-18,20-21H2,1-10H3,(H,32,34). The number of anilines is 1. The minimum Gasteiger partial charge on any atom is -0.459 e. The van der Waals surface area contributed by atoms with Gasteiger partial charge < -0.3 is 14.8 Å². The van der Waals surface area contributed by atoms with E-state index in [1.54, 1.807) is 7.11 Å². The van der Waals surface area contributed by atoms with Crippen LogP contribution in [0.4, 0.5) is 5.69 Å². The Bertz CT molecular complexity index is 1080. The third-order valence-corrected chi connectivity index (χ3v) is 7.12. The molecule has 0 unspecified atom stereocenters. The van der Waals surface area contributed by atoms with E-state index in [-0.39, 0.29) is 23.8 Å². The quantitative estimate of drug-likeness (QED) is 0.255. The second kappa shape index (κ2) is 13.1. The Labute approximate surface area is 233 Å². The number of nitrogens with zero attached hydrogens (tertiary/aromatic N) is 1. The highest BCUT2D eigenvalue weighted by molar-refractivity contribution is 8.01. The van der Waals surface area contributed by atoms with Crippen molar-refractivity contribution >= 4 is 29.3 Å². The van der Waals surface area contributed by atoms with Crippen LogP contribution in [0.15, 0.2) is 47.4 Å². The molecule has 0 aromatic heterocycles. The monoisotopic (exact) mass is 542 g/mol. The third kappa shape index (κ3) is 10.4. The highest BCUT2D eigenvalue weighted by atomic mass is 32.2. The zero-order valence-corrected chi connectivity index (χ0v) is 25.7. The fourth-order valence-electron chi connectivity index (χ4n) is 3.76. The number of benzene rings is 2. The third-order valence-electron chi connectivity index (χ3n) is 5.94. The van der Waals surface area contributed by atoms with Crippen molar-refractivity contribution in [2.75, 3.05) is 32.1 Å². The zero-order chi connectivity index (χ0) is 28.7.